The maximum Gasteiger partial charge on any atom is 0.0823 e. The van der Waals surface area contributed by atoms with Crippen molar-refractivity contribution in [2.24, 2.45) is 61.9 Å². The van der Waals surface area contributed by atoms with E-state index in [2.05, 4.69) is 48.5 Å². The van der Waals surface area contributed by atoms with Gasteiger partial charge in [-0.1, -0.05) is 48.5 Å². The molecule has 0 aromatic heterocycles. The Labute approximate surface area is 209 Å². The van der Waals surface area contributed by atoms with Crippen molar-refractivity contribution in [3.05, 3.63) is 0 Å². The predicted molar refractivity (Wildman–Crippen MR) is 138 cm³/mol. The molecule has 1 heterocycles. The minimum absolute atomic E-state index is 0.120. The van der Waals surface area contributed by atoms with E-state index >= 15 is 0 Å². The normalized spacial score (nSPS) is 59.4. The highest BCUT2D eigenvalue weighted by atomic mass is 16.5. The van der Waals surface area contributed by atoms with E-state index in [4.69, 9.17) is 10.5 Å². The molecule has 0 radical (unpaired) electrons. The first-order valence-electron chi connectivity index (χ1n) is 14.8. The van der Waals surface area contributed by atoms with Crippen LogP contribution in [0, 0.1) is 56.2 Å². The van der Waals surface area contributed by atoms with Crippen LogP contribution in [0.25, 0.3) is 0 Å². The molecular weight excluding hydrogens is 418 g/mol. The Bertz CT molecular complexity index is 867. The van der Waals surface area contributed by atoms with Crippen LogP contribution in [0.5, 0.6) is 0 Å². The van der Waals surface area contributed by atoms with Crippen LogP contribution >= 0.6 is 0 Å². The zero-order valence-electron chi connectivity index (χ0n) is 23.3. The van der Waals surface area contributed by atoms with Crippen molar-refractivity contribution in [3.63, 3.8) is 0 Å². The van der Waals surface area contributed by atoms with E-state index in [0.717, 1.165) is 37.2 Å². The second kappa shape index (κ2) is 6.84. The molecule has 1 saturated heterocycles. The number of ether oxygens (including phenoxy) is 1. The summed E-state index contributed by atoms with van der Waals surface area (Å²) in [5, 5.41) is 11.6. The summed E-state index contributed by atoms with van der Waals surface area (Å²) in [5.74, 6) is 2.89. The lowest BCUT2D eigenvalue weighted by Gasteiger charge is -2.74. The van der Waals surface area contributed by atoms with Gasteiger partial charge in [-0.2, -0.15) is 0 Å². The van der Waals surface area contributed by atoms with E-state index in [1.807, 2.05) is 0 Å². The van der Waals surface area contributed by atoms with E-state index < -0.39 is 5.60 Å². The molecule has 3 heteroatoms. The SMILES string of the molecule is CC1(C)CCC23CC[C@]4(C)C(CCC5[C@@]6(C)CCC(O)(CN)C(C)(C)C6CC[C@]54C)C2C1OC3. The fourth-order valence-electron chi connectivity index (χ4n) is 12.4. The lowest BCUT2D eigenvalue weighted by Crippen LogP contribution is -2.70. The van der Waals surface area contributed by atoms with Crippen molar-refractivity contribution >= 4 is 0 Å². The molecule has 0 amide bonds. The number of hydrogen-bond acceptors (Lipinski definition) is 3. The largest absolute Gasteiger partial charge is 0.388 e. The molecule has 6 aliphatic rings. The predicted octanol–water partition coefficient (Wildman–Crippen LogP) is 6.57. The quantitative estimate of drug-likeness (QED) is 0.455. The van der Waals surface area contributed by atoms with Gasteiger partial charge in [0.15, 0.2) is 0 Å². The Morgan fingerprint density at radius 2 is 1.47 bits per heavy atom. The summed E-state index contributed by atoms with van der Waals surface area (Å²) in [6, 6.07) is 0. The molecule has 34 heavy (non-hydrogen) atoms. The first kappa shape index (κ1) is 24.2. The van der Waals surface area contributed by atoms with Crippen LogP contribution < -0.4 is 5.73 Å². The zero-order valence-corrected chi connectivity index (χ0v) is 23.3. The number of hydrogen-bond donors (Lipinski definition) is 2. The number of fused-ring (bicyclic) bond motifs is 5. The standard InChI is InChI=1S/C31H53NO2/c1-25(2)12-15-30-16-14-28(6)20(23(30)24(25)34-19-30)8-9-22-27(5)13-17-31(33,18-32)26(3,4)21(27)10-11-29(22,28)7/h20-24,33H,8-19,32H2,1-7H3/t20?,21?,22?,23?,24?,27-,28+,29+,30?,31?/m0/s1. The first-order chi connectivity index (χ1) is 15.7. The van der Waals surface area contributed by atoms with Gasteiger partial charge < -0.3 is 15.6 Å². The van der Waals surface area contributed by atoms with Crippen molar-refractivity contribution in [1.29, 1.82) is 0 Å². The highest BCUT2D eigenvalue weighted by molar-refractivity contribution is 5.22. The summed E-state index contributed by atoms with van der Waals surface area (Å²) in [6.07, 6.45) is 13.3. The Balaban J connectivity index is 1.38. The van der Waals surface area contributed by atoms with Gasteiger partial charge in [-0.25, -0.2) is 0 Å². The highest BCUT2D eigenvalue weighted by Gasteiger charge is 2.73. The van der Waals surface area contributed by atoms with Crippen molar-refractivity contribution in [2.75, 3.05) is 13.2 Å². The summed E-state index contributed by atoms with van der Waals surface area (Å²) in [6.45, 7) is 19.1. The lowest BCUT2D eigenvalue weighted by molar-refractivity contribution is -0.266. The van der Waals surface area contributed by atoms with Gasteiger partial charge >= 0.3 is 0 Å². The van der Waals surface area contributed by atoms with Crippen LogP contribution in [-0.4, -0.2) is 30.0 Å². The van der Waals surface area contributed by atoms with Crippen LogP contribution in [0.4, 0.5) is 0 Å². The average Bonchev–Trinajstić information content (AvgIpc) is 3.11. The number of rotatable bonds is 1. The van der Waals surface area contributed by atoms with E-state index in [1.54, 1.807) is 0 Å². The third kappa shape index (κ3) is 2.56. The van der Waals surface area contributed by atoms with Gasteiger partial charge in [-0.15, -0.1) is 0 Å². The number of aliphatic hydroxyl groups is 1. The maximum atomic E-state index is 11.6. The Hall–Kier alpha value is -0.120. The molecule has 6 fully saturated rings. The fraction of sp³-hybridized carbons (Fsp3) is 1.00. The van der Waals surface area contributed by atoms with Crippen LogP contribution in [-0.2, 0) is 4.74 Å². The number of nitrogens with two attached hydrogens (primary N) is 1. The zero-order chi connectivity index (χ0) is 24.6. The molecule has 1 aliphatic heterocycles. The smallest absolute Gasteiger partial charge is 0.0823 e. The van der Waals surface area contributed by atoms with Crippen molar-refractivity contribution in [2.45, 2.75) is 124 Å². The molecule has 6 rings (SSSR count). The van der Waals surface area contributed by atoms with Crippen LogP contribution in [0.15, 0.2) is 0 Å². The van der Waals surface area contributed by atoms with E-state index in [0.29, 0.717) is 45.6 Å². The Kier molecular flexibility index (Phi) is 4.88. The van der Waals surface area contributed by atoms with Gasteiger partial charge in [0.25, 0.3) is 0 Å². The van der Waals surface area contributed by atoms with Gasteiger partial charge in [0.2, 0.25) is 0 Å². The molecule has 5 saturated carbocycles. The third-order valence-corrected chi connectivity index (χ3v) is 14.9. The van der Waals surface area contributed by atoms with Gasteiger partial charge in [0.1, 0.15) is 0 Å². The Morgan fingerprint density at radius 1 is 0.765 bits per heavy atom. The molecule has 2 bridgehead atoms. The minimum atomic E-state index is -0.715. The highest BCUT2D eigenvalue weighted by Crippen LogP contribution is 2.78. The van der Waals surface area contributed by atoms with Gasteiger partial charge in [0, 0.05) is 6.54 Å². The van der Waals surface area contributed by atoms with Gasteiger partial charge in [0.05, 0.1) is 18.3 Å². The molecule has 3 N–H and O–H groups in total. The van der Waals surface area contributed by atoms with Crippen molar-refractivity contribution in [3.8, 4) is 0 Å². The lowest BCUT2D eigenvalue weighted by atomic mass is 9.31. The molecule has 0 aromatic carbocycles. The van der Waals surface area contributed by atoms with E-state index in [-0.39, 0.29) is 5.41 Å². The molecular formula is C31H53NO2. The molecule has 10 atom stereocenters. The van der Waals surface area contributed by atoms with Crippen LogP contribution in [0.1, 0.15) is 113 Å². The monoisotopic (exact) mass is 471 g/mol. The molecule has 5 aliphatic carbocycles. The molecule has 194 valence electrons. The van der Waals surface area contributed by atoms with Crippen LogP contribution in [0.2, 0.25) is 0 Å². The summed E-state index contributed by atoms with van der Waals surface area (Å²) < 4.78 is 6.72. The van der Waals surface area contributed by atoms with E-state index in [9.17, 15) is 5.11 Å². The summed E-state index contributed by atoms with van der Waals surface area (Å²) in [5.41, 5.74) is 7.26. The summed E-state index contributed by atoms with van der Waals surface area (Å²) >= 11 is 0. The minimum Gasteiger partial charge on any atom is -0.388 e. The maximum absolute atomic E-state index is 11.6. The third-order valence-electron chi connectivity index (χ3n) is 14.9. The molecule has 0 aromatic rings. The summed E-state index contributed by atoms with van der Waals surface area (Å²) in [7, 11) is 0. The van der Waals surface area contributed by atoms with Crippen molar-refractivity contribution < 1.29 is 9.84 Å². The van der Waals surface area contributed by atoms with Crippen LogP contribution in [0.3, 0.4) is 0 Å². The van der Waals surface area contributed by atoms with Crippen molar-refractivity contribution in [1.82, 2.24) is 0 Å². The fourth-order valence-corrected chi connectivity index (χ4v) is 12.4. The molecule has 7 unspecified atom stereocenters. The first-order valence-corrected chi connectivity index (χ1v) is 14.8. The van der Waals surface area contributed by atoms with E-state index in [1.165, 1.54) is 51.4 Å². The Morgan fingerprint density at radius 3 is 2.18 bits per heavy atom. The molecule has 0 spiro atoms. The second-order valence-electron chi connectivity index (χ2n) is 16.2. The van der Waals surface area contributed by atoms with Gasteiger partial charge in [-0.05, 0) is 120 Å². The second-order valence-corrected chi connectivity index (χ2v) is 16.2. The summed E-state index contributed by atoms with van der Waals surface area (Å²) in [4.78, 5) is 0. The molecule has 3 nitrogen and oxygen atoms in total. The topological polar surface area (TPSA) is 55.5 Å². The average molecular weight is 472 g/mol. The van der Waals surface area contributed by atoms with Gasteiger partial charge in [-0.3, -0.25) is 0 Å².